The minimum atomic E-state index is -4.81. The van der Waals surface area contributed by atoms with E-state index in [9.17, 15) is 22.8 Å². The molecule has 2 rings (SSSR count). The van der Waals surface area contributed by atoms with Crippen LogP contribution in [0.3, 0.4) is 0 Å². The highest BCUT2D eigenvalue weighted by atomic mass is 19.4. The van der Waals surface area contributed by atoms with Gasteiger partial charge in [-0.3, -0.25) is 13.9 Å². The fourth-order valence-electron chi connectivity index (χ4n) is 2.80. The molecule has 1 N–H and O–H groups in total. The number of hydrogen-bond acceptors (Lipinski definition) is 6. The summed E-state index contributed by atoms with van der Waals surface area (Å²) in [6, 6.07) is 0. The first kappa shape index (κ1) is 22.5. The molecule has 11 heteroatoms. The largest absolute Gasteiger partial charge is 0.573 e. The minimum Gasteiger partial charge on any atom is -0.473 e. The van der Waals surface area contributed by atoms with E-state index in [1.807, 2.05) is 0 Å². The maximum absolute atomic E-state index is 12.4. The van der Waals surface area contributed by atoms with Gasteiger partial charge < -0.3 is 14.6 Å². The molecule has 1 heterocycles. The summed E-state index contributed by atoms with van der Waals surface area (Å²) in [5.74, 6) is -0.241. The Balaban J connectivity index is 2.27. The Labute approximate surface area is 164 Å². The molecule has 1 aliphatic rings. The van der Waals surface area contributed by atoms with Crippen LogP contribution in [0.15, 0.2) is 38.6 Å². The van der Waals surface area contributed by atoms with Gasteiger partial charge in [0.25, 0.3) is 5.56 Å². The first-order valence-corrected chi connectivity index (χ1v) is 8.81. The summed E-state index contributed by atoms with van der Waals surface area (Å²) in [5.41, 5.74) is -0.926. The topological polar surface area (TPSA) is 95.1 Å². The lowest BCUT2D eigenvalue weighted by molar-refractivity contribution is -0.303. The summed E-state index contributed by atoms with van der Waals surface area (Å²) in [5, 5.41) is 8.91. The zero-order chi connectivity index (χ0) is 21.8. The highest BCUT2D eigenvalue weighted by Crippen LogP contribution is 2.25. The number of alkyl halides is 3. The van der Waals surface area contributed by atoms with E-state index < -0.39 is 29.5 Å². The number of ether oxygens (including phenoxy) is 2. The molecule has 0 saturated carbocycles. The van der Waals surface area contributed by atoms with Crippen LogP contribution < -0.4 is 11.2 Å². The molecule has 1 aromatic heterocycles. The Kier molecular flexibility index (Phi) is 7.07. The predicted molar refractivity (Wildman–Crippen MR) is 99.0 cm³/mol. The van der Waals surface area contributed by atoms with Gasteiger partial charge in [0.1, 0.15) is 17.7 Å². The van der Waals surface area contributed by atoms with Crippen molar-refractivity contribution in [2.75, 3.05) is 6.61 Å². The SMILES string of the molecule is C/C(=N\c1c(C)c(=O)n(CCCO)c(=O)n1C)OC1C=C(OC(F)(F)F)C=CC1. The van der Waals surface area contributed by atoms with Crippen LogP contribution >= 0.6 is 0 Å². The van der Waals surface area contributed by atoms with Crippen LogP contribution in [-0.4, -0.2) is 39.2 Å². The van der Waals surface area contributed by atoms with Crippen molar-refractivity contribution >= 4 is 11.7 Å². The third-order valence-electron chi connectivity index (χ3n) is 4.10. The molecule has 1 atom stereocenters. The Morgan fingerprint density at radius 3 is 2.69 bits per heavy atom. The second-order valence-electron chi connectivity index (χ2n) is 6.37. The second kappa shape index (κ2) is 9.12. The summed E-state index contributed by atoms with van der Waals surface area (Å²) < 4.78 is 48.7. The molecule has 0 fully saturated rings. The standard InChI is InChI=1S/C18H22F3N3O5/c1-11-15(23(3)17(27)24(16(11)26)8-5-9-25)22-12(2)28-13-6-4-7-14(10-13)29-18(19,20)21/h4,7,10,13,25H,5-6,8-9H2,1-3H3/b22-12+. The van der Waals surface area contributed by atoms with Crippen molar-refractivity contribution in [1.29, 1.82) is 0 Å². The van der Waals surface area contributed by atoms with Crippen molar-refractivity contribution in [3.05, 3.63) is 50.4 Å². The third kappa shape index (κ3) is 5.83. The van der Waals surface area contributed by atoms with Crippen LogP contribution in [0.1, 0.15) is 25.3 Å². The number of aliphatic imine (C=N–C) groups is 1. The lowest BCUT2D eigenvalue weighted by Gasteiger charge is -2.19. The molecule has 0 aromatic carbocycles. The summed E-state index contributed by atoms with van der Waals surface area (Å²) in [4.78, 5) is 29.0. The highest BCUT2D eigenvalue weighted by molar-refractivity contribution is 5.76. The zero-order valence-electron chi connectivity index (χ0n) is 16.2. The van der Waals surface area contributed by atoms with Crippen molar-refractivity contribution in [2.24, 2.45) is 12.0 Å². The van der Waals surface area contributed by atoms with Crippen LogP contribution in [0.4, 0.5) is 19.0 Å². The van der Waals surface area contributed by atoms with Crippen LogP contribution in [0.5, 0.6) is 0 Å². The van der Waals surface area contributed by atoms with Crippen molar-refractivity contribution < 1.29 is 27.8 Å². The van der Waals surface area contributed by atoms with Gasteiger partial charge >= 0.3 is 12.1 Å². The number of rotatable bonds is 6. The molecular weight excluding hydrogens is 395 g/mol. The fraction of sp³-hybridized carbons (Fsp3) is 0.500. The quantitative estimate of drug-likeness (QED) is 0.565. The maximum Gasteiger partial charge on any atom is 0.573 e. The van der Waals surface area contributed by atoms with Crippen LogP contribution in [0.2, 0.25) is 0 Å². The Hall–Kier alpha value is -2.82. The molecule has 8 nitrogen and oxygen atoms in total. The van der Waals surface area contributed by atoms with E-state index in [4.69, 9.17) is 9.84 Å². The van der Waals surface area contributed by atoms with E-state index >= 15 is 0 Å². The zero-order valence-corrected chi connectivity index (χ0v) is 16.2. The van der Waals surface area contributed by atoms with E-state index in [1.165, 1.54) is 43.7 Å². The van der Waals surface area contributed by atoms with Crippen molar-refractivity contribution in [3.8, 4) is 0 Å². The van der Waals surface area contributed by atoms with Gasteiger partial charge in [0.05, 0.1) is 5.56 Å². The molecular formula is C18H22F3N3O5. The van der Waals surface area contributed by atoms with Gasteiger partial charge in [0.15, 0.2) is 5.90 Å². The molecule has 29 heavy (non-hydrogen) atoms. The average molecular weight is 417 g/mol. The summed E-state index contributed by atoms with van der Waals surface area (Å²) in [6.07, 6.45) is -1.16. The van der Waals surface area contributed by atoms with Gasteiger partial charge in [-0.15, -0.1) is 13.2 Å². The van der Waals surface area contributed by atoms with Gasteiger partial charge in [-0.25, -0.2) is 4.79 Å². The van der Waals surface area contributed by atoms with Crippen LogP contribution in [0, 0.1) is 6.92 Å². The van der Waals surface area contributed by atoms with Crippen molar-refractivity contribution in [1.82, 2.24) is 9.13 Å². The first-order chi connectivity index (χ1) is 13.5. The third-order valence-corrected chi connectivity index (χ3v) is 4.10. The Morgan fingerprint density at radius 2 is 2.07 bits per heavy atom. The first-order valence-electron chi connectivity index (χ1n) is 8.81. The summed E-state index contributed by atoms with van der Waals surface area (Å²) in [7, 11) is 1.44. The number of hydrogen-bond donors (Lipinski definition) is 1. The number of allylic oxidation sites excluding steroid dienone is 1. The van der Waals surface area contributed by atoms with Gasteiger partial charge in [0, 0.05) is 33.5 Å². The molecule has 1 unspecified atom stereocenters. The van der Waals surface area contributed by atoms with E-state index in [-0.39, 0.29) is 36.9 Å². The minimum absolute atomic E-state index is 0.0681. The van der Waals surface area contributed by atoms with Gasteiger partial charge in [-0.1, -0.05) is 6.08 Å². The van der Waals surface area contributed by atoms with Gasteiger partial charge in [-0.05, 0) is 25.5 Å². The van der Waals surface area contributed by atoms with Crippen LogP contribution in [-0.2, 0) is 23.1 Å². The highest BCUT2D eigenvalue weighted by Gasteiger charge is 2.32. The predicted octanol–water partition coefficient (Wildman–Crippen LogP) is 2.05. The normalized spacial score (nSPS) is 17.3. The molecule has 0 radical (unpaired) electrons. The van der Waals surface area contributed by atoms with Crippen molar-refractivity contribution in [3.63, 3.8) is 0 Å². The fourth-order valence-corrected chi connectivity index (χ4v) is 2.80. The van der Waals surface area contributed by atoms with E-state index in [2.05, 4.69) is 9.73 Å². The molecule has 0 spiro atoms. The van der Waals surface area contributed by atoms with Gasteiger partial charge in [-0.2, -0.15) is 4.99 Å². The lowest BCUT2D eigenvalue weighted by Crippen LogP contribution is -2.40. The average Bonchev–Trinajstić information content (AvgIpc) is 2.62. The molecule has 0 bridgehead atoms. The monoisotopic (exact) mass is 417 g/mol. The number of aliphatic hydroxyl groups is 1. The Morgan fingerprint density at radius 1 is 1.38 bits per heavy atom. The summed E-state index contributed by atoms with van der Waals surface area (Å²) in [6.45, 7) is 2.88. The number of nitrogens with zero attached hydrogens (tertiary/aromatic N) is 3. The number of aliphatic hydroxyl groups excluding tert-OH is 1. The van der Waals surface area contributed by atoms with E-state index in [1.54, 1.807) is 0 Å². The number of halogens is 3. The van der Waals surface area contributed by atoms with E-state index in [0.29, 0.717) is 6.42 Å². The van der Waals surface area contributed by atoms with Crippen LogP contribution in [0.25, 0.3) is 0 Å². The lowest BCUT2D eigenvalue weighted by atomic mass is 10.1. The second-order valence-corrected chi connectivity index (χ2v) is 6.37. The maximum atomic E-state index is 12.4. The molecule has 0 amide bonds. The molecule has 160 valence electrons. The molecule has 0 aliphatic heterocycles. The smallest absolute Gasteiger partial charge is 0.473 e. The van der Waals surface area contributed by atoms with E-state index in [0.717, 1.165) is 4.57 Å². The molecule has 1 aliphatic carbocycles. The molecule has 1 aromatic rings. The van der Waals surface area contributed by atoms with Gasteiger partial charge in [0.2, 0.25) is 0 Å². The summed E-state index contributed by atoms with van der Waals surface area (Å²) >= 11 is 0. The Bertz CT molecular complexity index is 920. The molecule has 0 saturated heterocycles. The van der Waals surface area contributed by atoms with Crippen molar-refractivity contribution in [2.45, 2.75) is 45.7 Å². The number of aromatic nitrogens is 2.